The molecule has 1 aromatic carbocycles. The van der Waals surface area contributed by atoms with E-state index < -0.39 is 0 Å². The van der Waals surface area contributed by atoms with Crippen LogP contribution in [0.25, 0.3) is 16.5 Å². The van der Waals surface area contributed by atoms with Gasteiger partial charge in [-0.1, -0.05) is 0 Å². The first-order chi connectivity index (χ1) is 10.3. The van der Waals surface area contributed by atoms with Crippen LogP contribution in [-0.4, -0.2) is 21.6 Å². The Kier molecular flexibility index (Phi) is 2.60. The summed E-state index contributed by atoms with van der Waals surface area (Å²) in [6, 6.07) is 5.76. The summed E-state index contributed by atoms with van der Waals surface area (Å²) in [6.07, 6.45) is 7.90. The van der Waals surface area contributed by atoms with Crippen molar-refractivity contribution >= 4 is 10.8 Å². The minimum atomic E-state index is -0.116. The van der Waals surface area contributed by atoms with Crippen molar-refractivity contribution in [2.24, 2.45) is 0 Å². The van der Waals surface area contributed by atoms with Gasteiger partial charge in [0.15, 0.2) is 0 Å². The van der Waals surface area contributed by atoms with Crippen molar-refractivity contribution in [2.45, 2.75) is 18.8 Å². The zero-order valence-corrected chi connectivity index (χ0v) is 11.7. The van der Waals surface area contributed by atoms with Gasteiger partial charge in [0.25, 0.3) is 5.56 Å². The van der Waals surface area contributed by atoms with E-state index in [1.807, 2.05) is 35.3 Å². The number of methoxy groups -OCH3 is 1. The molecule has 1 fully saturated rings. The molecule has 0 amide bonds. The molecule has 1 aliphatic rings. The van der Waals surface area contributed by atoms with Crippen molar-refractivity contribution in [1.82, 2.24) is 14.5 Å². The van der Waals surface area contributed by atoms with Crippen LogP contribution in [0.3, 0.4) is 0 Å². The van der Waals surface area contributed by atoms with E-state index in [2.05, 4.69) is 9.97 Å². The smallest absolute Gasteiger partial charge is 0.256 e. The Morgan fingerprint density at radius 2 is 2.19 bits per heavy atom. The van der Waals surface area contributed by atoms with E-state index in [0.29, 0.717) is 17.1 Å². The lowest BCUT2D eigenvalue weighted by Gasteiger charge is -2.07. The van der Waals surface area contributed by atoms with Crippen LogP contribution in [0.15, 0.2) is 41.7 Å². The molecule has 0 saturated heterocycles. The Hall–Kier alpha value is -2.56. The Morgan fingerprint density at radius 3 is 2.95 bits per heavy atom. The van der Waals surface area contributed by atoms with Crippen molar-refractivity contribution < 1.29 is 4.74 Å². The van der Waals surface area contributed by atoms with Crippen LogP contribution in [0.2, 0.25) is 0 Å². The first kappa shape index (κ1) is 12.2. The lowest BCUT2D eigenvalue weighted by molar-refractivity contribution is 0.418. The number of nitrogens with zero attached hydrogens (tertiary/aromatic N) is 2. The summed E-state index contributed by atoms with van der Waals surface area (Å²) in [6.45, 7) is 0. The predicted molar refractivity (Wildman–Crippen MR) is 80.2 cm³/mol. The van der Waals surface area contributed by atoms with Crippen LogP contribution in [0.1, 0.15) is 24.5 Å². The second kappa shape index (κ2) is 4.48. The number of imidazole rings is 1. The van der Waals surface area contributed by atoms with E-state index in [1.165, 1.54) is 12.8 Å². The van der Waals surface area contributed by atoms with Crippen LogP contribution >= 0.6 is 0 Å². The summed E-state index contributed by atoms with van der Waals surface area (Å²) in [5.74, 6) is 1.29. The molecule has 0 atom stereocenters. The normalized spacial score (nSPS) is 14.5. The van der Waals surface area contributed by atoms with Gasteiger partial charge >= 0.3 is 0 Å². The Morgan fingerprint density at radius 1 is 1.33 bits per heavy atom. The lowest BCUT2D eigenvalue weighted by atomic mass is 10.1. The quantitative estimate of drug-likeness (QED) is 0.802. The Bertz CT molecular complexity index is 875. The molecule has 1 N–H and O–H groups in total. The molecule has 5 heteroatoms. The van der Waals surface area contributed by atoms with Gasteiger partial charge in [-0.15, -0.1) is 0 Å². The molecule has 0 unspecified atom stereocenters. The monoisotopic (exact) mass is 281 g/mol. The molecule has 0 bridgehead atoms. The van der Waals surface area contributed by atoms with Crippen LogP contribution in [0.5, 0.6) is 5.75 Å². The zero-order chi connectivity index (χ0) is 14.4. The third-order valence-electron chi connectivity index (χ3n) is 3.96. The van der Waals surface area contributed by atoms with E-state index in [9.17, 15) is 4.79 Å². The summed E-state index contributed by atoms with van der Waals surface area (Å²) in [7, 11) is 1.60. The van der Waals surface area contributed by atoms with Gasteiger partial charge in [0.05, 0.1) is 24.5 Å². The van der Waals surface area contributed by atoms with Gasteiger partial charge in [-0.2, -0.15) is 0 Å². The van der Waals surface area contributed by atoms with Gasteiger partial charge in [0.2, 0.25) is 0 Å². The van der Waals surface area contributed by atoms with Crippen molar-refractivity contribution in [3.05, 3.63) is 53.0 Å². The number of H-pyrrole nitrogens is 1. The molecule has 3 aromatic rings. The summed E-state index contributed by atoms with van der Waals surface area (Å²) < 4.78 is 7.25. The first-order valence-electron chi connectivity index (χ1n) is 7.00. The summed E-state index contributed by atoms with van der Waals surface area (Å²) in [5, 5.41) is 1.43. The molecule has 0 aliphatic heterocycles. The van der Waals surface area contributed by atoms with Crippen molar-refractivity contribution in [2.75, 3.05) is 7.11 Å². The average Bonchev–Trinajstić information content (AvgIpc) is 3.25. The summed E-state index contributed by atoms with van der Waals surface area (Å²) in [5.41, 5.74) is 1.95. The highest BCUT2D eigenvalue weighted by Crippen LogP contribution is 2.39. The maximum absolute atomic E-state index is 12.0. The number of aromatic amines is 1. The van der Waals surface area contributed by atoms with E-state index in [0.717, 1.165) is 16.8 Å². The maximum atomic E-state index is 12.0. The fraction of sp³-hybridized carbons (Fsp3) is 0.250. The molecule has 4 rings (SSSR count). The molecule has 106 valence electrons. The molecular formula is C16H15N3O2. The van der Waals surface area contributed by atoms with Gasteiger partial charge < -0.3 is 14.3 Å². The second-order valence-corrected chi connectivity index (χ2v) is 5.40. The van der Waals surface area contributed by atoms with E-state index >= 15 is 0 Å². The van der Waals surface area contributed by atoms with Crippen molar-refractivity contribution in [3.63, 3.8) is 0 Å². The molecule has 1 saturated carbocycles. The molecule has 21 heavy (non-hydrogen) atoms. The Balaban J connectivity index is 1.85. The average molecular weight is 281 g/mol. The number of hydrogen-bond donors (Lipinski definition) is 1. The molecule has 5 nitrogen and oxygen atoms in total. The predicted octanol–water partition coefficient (Wildman–Crippen LogP) is 2.60. The minimum absolute atomic E-state index is 0.116. The number of pyridine rings is 1. The molecule has 0 radical (unpaired) electrons. The van der Waals surface area contributed by atoms with Crippen molar-refractivity contribution in [1.29, 1.82) is 0 Å². The highest BCUT2D eigenvalue weighted by molar-refractivity contribution is 5.88. The number of aromatic nitrogens is 3. The largest absolute Gasteiger partial charge is 0.495 e. The maximum Gasteiger partial charge on any atom is 0.256 e. The van der Waals surface area contributed by atoms with E-state index in [4.69, 9.17) is 4.74 Å². The van der Waals surface area contributed by atoms with Crippen LogP contribution in [0.4, 0.5) is 0 Å². The number of ether oxygens (including phenoxy) is 1. The number of benzene rings is 1. The summed E-state index contributed by atoms with van der Waals surface area (Å²) >= 11 is 0. The third-order valence-corrected chi connectivity index (χ3v) is 3.96. The van der Waals surface area contributed by atoms with Crippen LogP contribution in [-0.2, 0) is 0 Å². The van der Waals surface area contributed by atoms with E-state index in [1.54, 1.807) is 13.3 Å². The molecule has 1 aliphatic carbocycles. The number of fused-ring (bicyclic) bond motifs is 1. The standard InChI is InChI=1S/C16H15N3O2/c1-21-15-7-17-16(20)13-6-11(4-5-12(13)15)19-8-14(18-9-19)10-2-3-10/h4-10H,2-3H2,1H3,(H,17,20). The molecular weight excluding hydrogens is 266 g/mol. The molecule has 2 aromatic heterocycles. The Labute approximate surface area is 121 Å². The fourth-order valence-electron chi connectivity index (χ4n) is 2.62. The number of nitrogens with one attached hydrogen (secondary N) is 1. The van der Waals surface area contributed by atoms with Crippen LogP contribution < -0.4 is 10.3 Å². The number of hydrogen-bond acceptors (Lipinski definition) is 3. The fourth-order valence-corrected chi connectivity index (χ4v) is 2.62. The topological polar surface area (TPSA) is 59.9 Å². The lowest BCUT2D eigenvalue weighted by Crippen LogP contribution is -2.06. The van der Waals surface area contributed by atoms with Gasteiger partial charge in [0, 0.05) is 29.4 Å². The molecule has 2 heterocycles. The van der Waals surface area contributed by atoms with Gasteiger partial charge in [-0.05, 0) is 31.0 Å². The summed E-state index contributed by atoms with van der Waals surface area (Å²) in [4.78, 5) is 19.2. The number of rotatable bonds is 3. The van der Waals surface area contributed by atoms with Gasteiger partial charge in [-0.3, -0.25) is 4.79 Å². The SMILES string of the molecule is COc1c[nH]c(=O)c2cc(-n3cnc(C4CC4)c3)ccc12. The van der Waals surface area contributed by atoms with E-state index in [-0.39, 0.29) is 5.56 Å². The van der Waals surface area contributed by atoms with Crippen LogP contribution in [0, 0.1) is 0 Å². The van der Waals surface area contributed by atoms with Gasteiger partial charge in [0.1, 0.15) is 5.75 Å². The zero-order valence-electron chi connectivity index (χ0n) is 11.7. The highest BCUT2D eigenvalue weighted by atomic mass is 16.5. The van der Waals surface area contributed by atoms with Crippen molar-refractivity contribution in [3.8, 4) is 11.4 Å². The third kappa shape index (κ3) is 2.01. The molecule has 0 spiro atoms. The highest BCUT2D eigenvalue weighted by Gasteiger charge is 2.25. The van der Waals surface area contributed by atoms with Gasteiger partial charge in [-0.25, -0.2) is 4.98 Å². The minimum Gasteiger partial charge on any atom is -0.495 e. The second-order valence-electron chi connectivity index (χ2n) is 5.40. The first-order valence-corrected chi connectivity index (χ1v) is 7.00.